The highest BCUT2D eigenvalue weighted by atomic mass is 127. The van der Waals surface area contributed by atoms with Crippen LogP contribution < -0.4 is 5.32 Å². The van der Waals surface area contributed by atoms with Gasteiger partial charge in [0.2, 0.25) is 0 Å². The Labute approximate surface area is 166 Å². The van der Waals surface area contributed by atoms with Crippen LogP contribution in [0.5, 0.6) is 0 Å². The standard InChI is InChI=1S/C18H15F4IN4/c1-2-27-16(8-17(26-27)18(20,21)22)15-7-6-11(9-25-15)24-10-12-13(19)4-3-5-14(12)23/h3-9,24H,2,10H2,1H3. The number of hydrogen-bond acceptors (Lipinski definition) is 3. The number of aromatic nitrogens is 3. The molecule has 0 fully saturated rings. The molecule has 0 saturated heterocycles. The number of alkyl halides is 3. The Morgan fingerprint density at radius 3 is 2.56 bits per heavy atom. The molecule has 0 aliphatic heterocycles. The van der Waals surface area contributed by atoms with Crippen LogP contribution in [0.3, 0.4) is 0 Å². The van der Waals surface area contributed by atoms with Crippen molar-refractivity contribution >= 4 is 28.3 Å². The first kappa shape index (κ1) is 19.6. The number of hydrogen-bond donors (Lipinski definition) is 1. The molecule has 27 heavy (non-hydrogen) atoms. The summed E-state index contributed by atoms with van der Waals surface area (Å²) in [7, 11) is 0. The molecule has 3 rings (SSSR count). The van der Waals surface area contributed by atoms with E-state index >= 15 is 0 Å². The van der Waals surface area contributed by atoms with Crippen molar-refractivity contribution in [3.63, 3.8) is 0 Å². The molecule has 0 unspecified atom stereocenters. The first-order valence-electron chi connectivity index (χ1n) is 8.08. The molecule has 1 aromatic carbocycles. The van der Waals surface area contributed by atoms with E-state index in [-0.39, 0.29) is 12.4 Å². The number of halogens is 5. The van der Waals surface area contributed by atoms with Gasteiger partial charge in [0.05, 0.1) is 23.3 Å². The second-order valence-corrected chi connectivity index (χ2v) is 6.88. The van der Waals surface area contributed by atoms with Gasteiger partial charge in [-0.25, -0.2) is 4.39 Å². The summed E-state index contributed by atoms with van der Waals surface area (Å²) >= 11 is 2.06. The van der Waals surface area contributed by atoms with Gasteiger partial charge in [-0.1, -0.05) is 6.07 Å². The molecule has 9 heteroatoms. The van der Waals surface area contributed by atoms with Gasteiger partial charge in [0.1, 0.15) is 5.82 Å². The van der Waals surface area contributed by atoms with Crippen LogP contribution in [-0.2, 0) is 19.3 Å². The summed E-state index contributed by atoms with van der Waals surface area (Å²) in [6.07, 6.45) is -3.00. The summed E-state index contributed by atoms with van der Waals surface area (Å²) in [5, 5.41) is 6.66. The zero-order valence-corrected chi connectivity index (χ0v) is 16.3. The average Bonchev–Trinajstić information content (AvgIpc) is 3.06. The van der Waals surface area contributed by atoms with Crippen molar-refractivity contribution in [2.45, 2.75) is 26.2 Å². The molecule has 0 spiro atoms. The van der Waals surface area contributed by atoms with Crippen molar-refractivity contribution in [1.29, 1.82) is 0 Å². The van der Waals surface area contributed by atoms with E-state index in [9.17, 15) is 17.6 Å². The van der Waals surface area contributed by atoms with Gasteiger partial charge in [-0.3, -0.25) is 9.67 Å². The Morgan fingerprint density at radius 2 is 1.96 bits per heavy atom. The highest BCUT2D eigenvalue weighted by molar-refractivity contribution is 14.1. The van der Waals surface area contributed by atoms with Crippen LogP contribution in [0.25, 0.3) is 11.4 Å². The molecule has 2 heterocycles. The highest BCUT2D eigenvalue weighted by Gasteiger charge is 2.35. The van der Waals surface area contributed by atoms with Gasteiger partial charge in [-0.15, -0.1) is 0 Å². The quantitative estimate of drug-likeness (QED) is 0.388. The summed E-state index contributed by atoms with van der Waals surface area (Å²) in [4.78, 5) is 4.22. The molecule has 142 valence electrons. The second kappa shape index (κ2) is 7.83. The number of rotatable bonds is 5. The molecular weight excluding hydrogens is 475 g/mol. The molecule has 0 radical (unpaired) electrons. The third kappa shape index (κ3) is 4.40. The Balaban J connectivity index is 1.79. The van der Waals surface area contributed by atoms with Crippen molar-refractivity contribution in [1.82, 2.24) is 14.8 Å². The van der Waals surface area contributed by atoms with Gasteiger partial charge in [-0.05, 0) is 59.8 Å². The Morgan fingerprint density at radius 1 is 1.19 bits per heavy atom. The predicted molar refractivity (Wildman–Crippen MR) is 103 cm³/mol. The topological polar surface area (TPSA) is 42.7 Å². The van der Waals surface area contributed by atoms with Crippen molar-refractivity contribution in [3.05, 3.63) is 63.2 Å². The van der Waals surface area contributed by atoms with E-state index in [0.29, 0.717) is 29.2 Å². The number of pyridine rings is 1. The monoisotopic (exact) mass is 490 g/mol. The highest BCUT2D eigenvalue weighted by Crippen LogP contribution is 2.31. The van der Waals surface area contributed by atoms with Crippen molar-refractivity contribution in [3.8, 4) is 11.4 Å². The van der Waals surface area contributed by atoms with Gasteiger partial charge in [0.15, 0.2) is 5.69 Å². The molecule has 2 aromatic heterocycles. The number of aryl methyl sites for hydroxylation is 1. The van der Waals surface area contributed by atoms with Crippen molar-refractivity contribution in [2.75, 3.05) is 5.32 Å². The molecule has 0 atom stereocenters. The molecule has 0 amide bonds. The largest absolute Gasteiger partial charge is 0.435 e. The first-order chi connectivity index (χ1) is 12.8. The minimum atomic E-state index is -4.51. The second-order valence-electron chi connectivity index (χ2n) is 5.71. The van der Waals surface area contributed by atoms with Crippen LogP contribution in [0.15, 0.2) is 42.6 Å². The molecule has 0 aliphatic carbocycles. The first-order valence-corrected chi connectivity index (χ1v) is 9.15. The van der Waals surface area contributed by atoms with Crippen LogP contribution in [-0.4, -0.2) is 14.8 Å². The maximum Gasteiger partial charge on any atom is 0.435 e. The van der Waals surface area contributed by atoms with E-state index < -0.39 is 11.9 Å². The number of nitrogens with one attached hydrogen (secondary N) is 1. The molecule has 4 nitrogen and oxygen atoms in total. The fourth-order valence-electron chi connectivity index (χ4n) is 2.54. The summed E-state index contributed by atoms with van der Waals surface area (Å²) in [6, 6.07) is 9.13. The molecule has 0 saturated carbocycles. The summed E-state index contributed by atoms with van der Waals surface area (Å²) in [5.74, 6) is -0.300. The van der Waals surface area contributed by atoms with E-state index in [1.54, 1.807) is 25.1 Å². The number of benzene rings is 1. The number of nitrogens with zero attached hydrogens (tertiary/aromatic N) is 3. The maximum absolute atomic E-state index is 13.9. The smallest absolute Gasteiger partial charge is 0.380 e. The normalized spacial score (nSPS) is 11.6. The van der Waals surface area contributed by atoms with Crippen LogP contribution in [0.2, 0.25) is 0 Å². The molecule has 0 aliphatic rings. The summed E-state index contributed by atoms with van der Waals surface area (Å²) in [5.41, 5.74) is 0.904. The zero-order chi connectivity index (χ0) is 19.6. The SMILES string of the molecule is CCn1nc(C(F)(F)F)cc1-c1ccc(NCc2c(F)cccc2I)cn1. The van der Waals surface area contributed by atoms with Crippen LogP contribution >= 0.6 is 22.6 Å². The van der Waals surface area contributed by atoms with E-state index in [4.69, 9.17) is 0 Å². The lowest BCUT2D eigenvalue weighted by atomic mass is 10.2. The summed E-state index contributed by atoms with van der Waals surface area (Å²) < 4.78 is 54.6. The van der Waals surface area contributed by atoms with Crippen LogP contribution in [0, 0.1) is 9.39 Å². The maximum atomic E-state index is 13.9. The fourth-order valence-corrected chi connectivity index (χ4v) is 3.20. The van der Waals surface area contributed by atoms with Gasteiger partial charge in [-0.2, -0.15) is 18.3 Å². The third-order valence-electron chi connectivity index (χ3n) is 3.93. The van der Waals surface area contributed by atoms with E-state index in [2.05, 4.69) is 38.0 Å². The van der Waals surface area contributed by atoms with Crippen LogP contribution in [0.4, 0.5) is 23.2 Å². The van der Waals surface area contributed by atoms with Gasteiger partial charge >= 0.3 is 6.18 Å². The molecule has 3 aromatic rings. The minimum Gasteiger partial charge on any atom is -0.380 e. The van der Waals surface area contributed by atoms with Crippen LogP contribution in [0.1, 0.15) is 18.2 Å². The third-order valence-corrected chi connectivity index (χ3v) is 4.94. The van der Waals surface area contributed by atoms with Gasteiger partial charge in [0, 0.05) is 22.2 Å². The Hall–Kier alpha value is -2.17. The molecule has 1 N–H and O–H groups in total. The number of anilines is 1. The lowest BCUT2D eigenvalue weighted by Gasteiger charge is -2.10. The molecule has 0 bridgehead atoms. The minimum absolute atomic E-state index is 0.275. The van der Waals surface area contributed by atoms with E-state index in [1.165, 1.54) is 16.9 Å². The van der Waals surface area contributed by atoms with Gasteiger partial charge < -0.3 is 5.32 Å². The van der Waals surface area contributed by atoms with Gasteiger partial charge in [0.25, 0.3) is 0 Å². The predicted octanol–water partition coefficient (Wildman–Crippen LogP) is 5.34. The summed E-state index contributed by atoms with van der Waals surface area (Å²) in [6.45, 7) is 2.28. The average molecular weight is 490 g/mol. The van der Waals surface area contributed by atoms with Crippen molar-refractivity contribution in [2.24, 2.45) is 0 Å². The van der Waals surface area contributed by atoms with E-state index in [1.807, 2.05) is 6.07 Å². The van der Waals surface area contributed by atoms with E-state index in [0.717, 1.165) is 9.64 Å². The zero-order valence-electron chi connectivity index (χ0n) is 14.2. The lowest BCUT2D eigenvalue weighted by molar-refractivity contribution is -0.141. The Bertz CT molecular complexity index is 915. The Kier molecular flexibility index (Phi) is 5.68. The fraction of sp³-hybridized carbons (Fsp3) is 0.222. The van der Waals surface area contributed by atoms with Crippen molar-refractivity contribution < 1.29 is 17.6 Å². The molecular formula is C18H15F4IN4. The lowest BCUT2D eigenvalue weighted by Crippen LogP contribution is -2.07.